The van der Waals surface area contributed by atoms with Crippen molar-refractivity contribution in [2.75, 3.05) is 12.5 Å². The van der Waals surface area contributed by atoms with Crippen LogP contribution in [0.4, 0.5) is 5.69 Å². The fourth-order valence-electron chi connectivity index (χ4n) is 2.28. The Bertz CT molecular complexity index is 816. The van der Waals surface area contributed by atoms with Crippen molar-refractivity contribution in [1.82, 2.24) is 0 Å². The van der Waals surface area contributed by atoms with E-state index in [1.165, 1.54) is 0 Å². The lowest BCUT2D eigenvalue weighted by Gasteiger charge is -2.10. The third-order valence-electron chi connectivity index (χ3n) is 3.36. The van der Waals surface area contributed by atoms with Crippen molar-refractivity contribution in [3.63, 3.8) is 0 Å². The summed E-state index contributed by atoms with van der Waals surface area (Å²) in [5, 5.41) is 6.47. The number of ether oxygens (including phenoxy) is 1. The van der Waals surface area contributed by atoms with Crippen LogP contribution in [0, 0.1) is 0 Å². The second-order valence-electron chi connectivity index (χ2n) is 4.76. The molecule has 0 fully saturated rings. The van der Waals surface area contributed by atoms with Gasteiger partial charge in [0.15, 0.2) is 0 Å². The Morgan fingerprint density at radius 1 is 1.00 bits per heavy atom. The lowest BCUT2D eigenvalue weighted by molar-refractivity contribution is 0.419. The van der Waals surface area contributed by atoms with Crippen LogP contribution in [0.1, 0.15) is 5.56 Å². The number of benzene rings is 3. The zero-order valence-corrected chi connectivity index (χ0v) is 13.7. The molecule has 1 N–H and O–H groups in total. The van der Waals surface area contributed by atoms with Gasteiger partial charge in [0.05, 0.1) is 19.0 Å². The van der Waals surface area contributed by atoms with Crippen LogP contribution in [0.2, 0.25) is 0 Å². The highest BCUT2D eigenvalue weighted by atomic mass is 79.9. The van der Waals surface area contributed by atoms with E-state index in [0.717, 1.165) is 32.2 Å². The van der Waals surface area contributed by atoms with Crippen LogP contribution in [-0.4, -0.2) is 13.3 Å². The number of anilines is 1. The van der Waals surface area contributed by atoms with Crippen LogP contribution >= 0.6 is 15.9 Å². The Labute approximate surface area is 137 Å². The number of hydrogen-bond donors (Lipinski definition) is 1. The summed E-state index contributed by atoms with van der Waals surface area (Å²) in [7, 11) is 1.68. The molecule has 3 aromatic carbocycles. The van der Waals surface area contributed by atoms with Crippen LogP contribution < -0.4 is 10.2 Å². The van der Waals surface area contributed by atoms with Gasteiger partial charge in [0, 0.05) is 20.8 Å². The number of hydrogen-bond acceptors (Lipinski definition) is 3. The van der Waals surface area contributed by atoms with E-state index >= 15 is 0 Å². The summed E-state index contributed by atoms with van der Waals surface area (Å²) in [5.41, 5.74) is 4.92. The van der Waals surface area contributed by atoms with E-state index in [0.29, 0.717) is 0 Å². The van der Waals surface area contributed by atoms with E-state index in [-0.39, 0.29) is 0 Å². The van der Waals surface area contributed by atoms with E-state index < -0.39 is 0 Å². The van der Waals surface area contributed by atoms with Crippen LogP contribution in [0.5, 0.6) is 5.75 Å². The van der Waals surface area contributed by atoms with Crippen molar-refractivity contribution < 1.29 is 4.74 Å². The van der Waals surface area contributed by atoms with Gasteiger partial charge in [0.25, 0.3) is 0 Å². The van der Waals surface area contributed by atoms with Crippen molar-refractivity contribution in [3.8, 4) is 5.75 Å². The van der Waals surface area contributed by atoms with E-state index in [9.17, 15) is 0 Å². The van der Waals surface area contributed by atoms with Gasteiger partial charge in [0.1, 0.15) is 5.75 Å². The Morgan fingerprint density at radius 3 is 2.41 bits per heavy atom. The lowest BCUT2D eigenvalue weighted by Crippen LogP contribution is -1.94. The molecule has 110 valence electrons. The maximum atomic E-state index is 5.48. The standard InChI is InChI=1S/C18H15BrN2O/c1-22-17-11-13(12-20-21-14-7-3-2-4-8-14)18(19)16-10-6-5-9-15(16)17/h2-12,21H,1H3. The summed E-state index contributed by atoms with van der Waals surface area (Å²) in [6, 6.07) is 19.9. The normalized spacial score (nSPS) is 11.0. The Kier molecular flexibility index (Phi) is 4.39. The maximum Gasteiger partial charge on any atom is 0.127 e. The average molecular weight is 355 g/mol. The fourth-order valence-corrected chi connectivity index (χ4v) is 2.84. The highest BCUT2D eigenvalue weighted by Crippen LogP contribution is 2.34. The molecule has 0 aliphatic heterocycles. The highest BCUT2D eigenvalue weighted by Gasteiger charge is 2.09. The molecule has 22 heavy (non-hydrogen) atoms. The first-order valence-electron chi connectivity index (χ1n) is 6.89. The minimum Gasteiger partial charge on any atom is -0.496 e. The average Bonchev–Trinajstić information content (AvgIpc) is 2.58. The molecule has 0 bridgehead atoms. The second-order valence-corrected chi connectivity index (χ2v) is 5.56. The minimum atomic E-state index is 0.833. The van der Waals surface area contributed by atoms with E-state index in [2.05, 4.69) is 32.5 Å². The topological polar surface area (TPSA) is 33.6 Å². The molecule has 0 aliphatic carbocycles. The van der Waals surface area contributed by atoms with Crippen molar-refractivity contribution in [3.05, 3.63) is 70.7 Å². The van der Waals surface area contributed by atoms with Gasteiger partial charge in [-0.15, -0.1) is 0 Å². The van der Waals surface area contributed by atoms with Gasteiger partial charge in [-0.25, -0.2) is 0 Å². The van der Waals surface area contributed by atoms with Gasteiger partial charge >= 0.3 is 0 Å². The third kappa shape index (κ3) is 2.97. The van der Waals surface area contributed by atoms with E-state index in [1.54, 1.807) is 13.3 Å². The Morgan fingerprint density at radius 2 is 1.68 bits per heavy atom. The lowest BCUT2D eigenvalue weighted by atomic mass is 10.1. The molecule has 3 rings (SSSR count). The molecule has 0 radical (unpaired) electrons. The molecule has 0 saturated carbocycles. The van der Waals surface area contributed by atoms with Crippen molar-refractivity contribution in [2.24, 2.45) is 5.10 Å². The highest BCUT2D eigenvalue weighted by molar-refractivity contribution is 9.10. The quantitative estimate of drug-likeness (QED) is 0.524. The first-order chi connectivity index (χ1) is 10.8. The molecular weight excluding hydrogens is 340 g/mol. The first-order valence-corrected chi connectivity index (χ1v) is 7.68. The molecule has 0 heterocycles. The molecule has 0 aromatic heterocycles. The number of fused-ring (bicyclic) bond motifs is 1. The number of hydrazone groups is 1. The SMILES string of the molecule is COc1cc(C=NNc2ccccc2)c(Br)c2ccccc12. The first kappa shape index (κ1) is 14.6. The van der Waals surface area contributed by atoms with Crippen LogP contribution in [0.25, 0.3) is 10.8 Å². The van der Waals surface area contributed by atoms with Gasteiger partial charge in [-0.2, -0.15) is 5.10 Å². The molecule has 4 heteroatoms. The number of halogens is 1. The molecule has 0 spiro atoms. The van der Waals surface area contributed by atoms with Crippen molar-refractivity contribution in [1.29, 1.82) is 0 Å². The summed E-state index contributed by atoms with van der Waals surface area (Å²) in [4.78, 5) is 0. The molecule has 0 aliphatic rings. The molecular formula is C18H15BrN2O. The number of methoxy groups -OCH3 is 1. The Balaban J connectivity index is 1.95. The maximum absolute atomic E-state index is 5.48. The fraction of sp³-hybridized carbons (Fsp3) is 0.0556. The summed E-state index contributed by atoms with van der Waals surface area (Å²) in [5.74, 6) is 0.833. The predicted molar refractivity (Wildman–Crippen MR) is 95.9 cm³/mol. The van der Waals surface area contributed by atoms with Crippen LogP contribution in [0.15, 0.2) is 70.2 Å². The van der Waals surface area contributed by atoms with Crippen LogP contribution in [-0.2, 0) is 0 Å². The molecule has 0 unspecified atom stereocenters. The van der Waals surface area contributed by atoms with Gasteiger partial charge in [0.2, 0.25) is 0 Å². The number of rotatable bonds is 4. The molecule has 3 aromatic rings. The van der Waals surface area contributed by atoms with Gasteiger partial charge in [-0.1, -0.05) is 42.5 Å². The minimum absolute atomic E-state index is 0.833. The van der Waals surface area contributed by atoms with Crippen LogP contribution in [0.3, 0.4) is 0 Å². The largest absolute Gasteiger partial charge is 0.496 e. The number of nitrogens with one attached hydrogen (secondary N) is 1. The predicted octanol–water partition coefficient (Wildman–Crippen LogP) is 5.06. The molecule has 0 amide bonds. The zero-order chi connectivity index (χ0) is 15.4. The van der Waals surface area contributed by atoms with Gasteiger partial charge < -0.3 is 4.74 Å². The third-order valence-corrected chi connectivity index (χ3v) is 4.25. The van der Waals surface area contributed by atoms with Crippen molar-refractivity contribution in [2.45, 2.75) is 0 Å². The number of para-hydroxylation sites is 1. The monoisotopic (exact) mass is 354 g/mol. The summed E-state index contributed by atoms with van der Waals surface area (Å²) >= 11 is 3.66. The summed E-state index contributed by atoms with van der Waals surface area (Å²) in [6.07, 6.45) is 1.78. The van der Waals surface area contributed by atoms with E-state index in [4.69, 9.17) is 4.74 Å². The van der Waals surface area contributed by atoms with Gasteiger partial charge in [-0.05, 0) is 34.1 Å². The van der Waals surface area contributed by atoms with Gasteiger partial charge in [-0.3, -0.25) is 5.43 Å². The summed E-state index contributed by atoms with van der Waals surface area (Å²) in [6.45, 7) is 0. The summed E-state index contributed by atoms with van der Waals surface area (Å²) < 4.78 is 6.49. The van der Waals surface area contributed by atoms with Crippen molar-refractivity contribution >= 4 is 38.6 Å². The smallest absolute Gasteiger partial charge is 0.127 e. The second kappa shape index (κ2) is 6.62. The molecule has 0 saturated heterocycles. The zero-order valence-electron chi connectivity index (χ0n) is 12.1. The number of nitrogens with zero attached hydrogens (tertiary/aromatic N) is 1. The molecule has 3 nitrogen and oxygen atoms in total. The van der Waals surface area contributed by atoms with E-state index in [1.807, 2.05) is 54.6 Å². The molecule has 0 atom stereocenters. The Hall–Kier alpha value is -2.33.